The highest BCUT2D eigenvalue weighted by Gasteiger charge is 2.43. The quantitative estimate of drug-likeness (QED) is 0.667. The third-order valence-corrected chi connectivity index (χ3v) is 2.36. The lowest BCUT2D eigenvalue weighted by atomic mass is 10.1. The first kappa shape index (κ1) is 13.5. The molecule has 0 aromatic heterocycles. The van der Waals surface area contributed by atoms with Gasteiger partial charge in [0.05, 0.1) is 20.8 Å². The second-order valence-electron chi connectivity index (χ2n) is 3.38. The number of hydrogen-bond donors (Lipinski definition) is 0. The fourth-order valence-electron chi connectivity index (χ4n) is 1.63. The monoisotopic (exact) mass is 244 g/mol. The molecule has 0 radical (unpaired) electrons. The van der Waals surface area contributed by atoms with E-state index >= 15 is 0 Å². The second kappa shape index (κ2) is 5.67. The number of esters is 2. The summed E-state index contributed by atoms with van der Waals surface area (Å²) in [6, 6.07) is 0. The lowest BCUT2D eigenvalue weighted by Gasteiger charge is -2.10. The highest BCUT2D eigenvalue weighted by molar-refractivity contribution is 5.98. The van der Waals surface area contributed by atoms with Gasteiger partial charge in [-0.25, -0.2) is 9.59 Å². The van der Waals surface area contributed by atoms with Crippen molar-refractivity contribution in [3.8, 4) is 0 Å². The van der Waals surface area contributed by atoms with E-state index in [-0.39, 0.29) is 5.57 Å². The Balaban J connectivity index is 3.11. The summed E-state index contributed by atoms with van der Waals surface area (Å²) in [4.78, 5) is 23.1. The average molecular weight is 244 g/mol. The first-order valence-electron chi connectivity index (χ1n) is 5.25. The molecule has 1 rings (SSSR count). The van der Waals surface area contributed by atoms with Crippen molar-refractivity contribution in [2.24, 2.45) is 0 Å². The van der Waals surface area contributed by atoms with Crippen molar-refractivity contribution in [2.45, 2.75) is 26.1 Å². The normalized spacial score (nSPS) is 23.5. The maximum Gasteiger partial charge on any atom is 0.340 e. The summed E-state index contributed by atoms with van der Waals surface area (Å²) in [6.45, 7) is 3.84. The van der Waals surface area contributed by atoms with Gasteiger partial charge in [0.15, 0.2) is 6.10 Å². The molecule has 0 saturated carbocycles. The Morgan fingerprint density at radius 2 is 1.94 bits per heavy atom. The van der Waals surface area contributed by atoms with Crippen LogP contribution in [0.1, 0.15) is 13.8 Å². The summed E-state index contributed by atoms with van der Waals surface area (Å²) in [5.41, 5.74) is 0.0775. The minimum absolute atomic E-state index is 0.0775. The van der Waals surface area contributed by atoms with Crippen LogP contribution in [0.25, 0.3) is 0 Å². The molecular formula is C11H16O6. The van der Waals surface area contributed by atoms with Crippen LogP contribution in [0.4, 0.5) is 0 Å². The summed E-state index contributed by atoms with van der Waals surface area (Å²) in [7, 11) is 2.46. The molecule has 0 saturated heterocycles. The summed E-state index contributed by atoms with van der Waals surface area (Å²) < 4.78 is 19.9. The maximum atomic E-state index is 11.6. The zero-order valence-corrected chi connectivity index (χ0v) is 10.3. The van der Waals surface area contributed by atoms with Crippen LogP contribution in [0.2, 0.25) is 0 Å². The fraction of sp³-hybridized carbons (Fsp3) is 0.636. The Hall–Kier alpha value is -1.56. The highest BCUT2D eigenvalue weighted by atomic mass is 16.6. The number of carbonyl (C=O) groups is 2. The van der Waals surface area contributed by atoms with Crippen LogP contribution in [0.15, 0.2) is 11.3 Å². The standard InChI is InChI=1S/C11H16O6/c1-5-16-8-6(2)17-9(11(13)15-4)7(8)10(12)14-3/h6,9H,5H2,1-4H3/t6-,9+/m0/s1. The van der Waals surface area contributed by atoms with Gasteiger partial charge in [0.1, 0.15) is 17.4 Å². The summed E-state index contributed by atoms with van der Waals surface area (Å²) in [5, 5.41) is 0. The molecular weight excluding hydrogens is 228 g/mol. The molecule has 0 aromatic carbocycles. The molecule has 0 aromatic rings. The molecule has 1 aliphatic heterocycles. The topological polar surface area (TPSA) is 71.1 Å². The van der Waals surface area contributed by atoms with Gasteiger partial charge in [-0.1, -0.05) is 0 Å². The molecule has 0 spiro atoms. The lowest BCUT2D eigenvalue weighted by molar-refractivity contribution is -0.154. The highest BCUT2D eigenvalue weighted by Crippen LogP contribution is 2.29. The van der Waals surface area contributed by atoms with E-state index in [2.05, 4.69) is 9.47 Å². The van der Waals surface area contributed by atoms with Crippen molar-refractivity contribution in [1.82, 2.24) is 0 Å². The zero-order chi connectivity index (χ0) is 13.0. The number of hydrogen-bond acceptors (Lipinski definition) is 6. The zero-order valence-electron chi connectivity index (χ0n) is 10.3. The van der Waals surface area contributed by atoms with E-state index in [4.69, 9.17) is 9.47 Å². The molecule has 96 valence electrons. The van der Waals surface area contributed by atoms with Crippen molar-refractivity contribution in [3.63, 3.8) is 0 Å². The number of ether oxygens (including phenoxy) is 4. The van der Waals surface area contributed by atoms with Crippen molar-refractivity contribution in [2.75, 3.05) is 20.8 Å². The van der Waals surface area contributed by atoms with Gasteiger partial charge in [0.2, 0.25) is 0 Å². The van der Waals surface area contributed by atoms with Crippen molar-refractivity contribution in [3.05, 3.63) is 11.3 Å². The SMILES string of the molecule is CCOC1=C(C(=O)OC)[C@H](C(=O)OC)O[C@H]1C. The third kappa shape index (κ3) is 2.58. The van der Waals surface area contributed by atoms with Gasteiger partial charge in [-0.15, -0.1) is 0 Å². The Bertz CT molecular complexity index is 346. The van der Waals surface area contributed by atoms with Gasteiger partial charge >= 0.3 is 11.9 Å². The van der Waals surface area contributed by atoms with Gasteiger partial charge in [-0.3, -0.25) is 0 Å². The van der Waals surface area contributed by atoms with Crippen molar-refractivity contribution in [1.29, 1.82) is 0 Å². The van der Waals surface area contributed by atoms with Crippen LogP contribution in [0.3, 0.4) is 0 Å². The van der Waals surface area contributed by atoms with Gasteiger partial charge < -0.3 is 18.9 Å². The van der Waals surface area contributed by atoms with Gasteiger partial charge in [0, 0.05) is 0 Å². The van der Waals surface area contributed by atoms with E-state index in [1.165, 1.54) is 14.2 Å². The number of rotatable bonds is 4. The molecule has 0 aliphatic carbocycles. The lowest BCUT2D eigenvalue weighted by Crippen LogP contribution is -2.29. The number of methoxy groups -OCH3 is 2. The average Bonchev–Trinajstić information content (AvgIpc) is 2.65. The fourth-order valence-corrected chi connectivity index (χ4v) is 1.63. The summed E-state index contributed by atoms with van der Waals surface area (Å²) >= 11 is 0. The van der Waals surface area contributed by atoms with Crippen LogP contribution in [-0.4, -0.2) is 45.0 Å². The van der Waals surface area contributed by atoms with Crippen molar-refractivity contribution >= 4 is 11.9 Å². The van der Waals surface area contributed by atoms with Crippen LogP contribution in [0.5, 0.6) is 0 Å². The van der Waals surface area contributed by atoms with Gasteiger partial charge in [-0.2, -0.15) is 0 Å². The minimum Gasteiger partial charge on any atom is -0.495 e. The molecule has 2 atom stereocenters. The van der Waals surface area contributed by atoms with Gasteiger partial charge in [0.25, 0.3) is 0 Å². The van der Waals surface area contributed by atoms with Crippen LogP contribution in [0, 0.1) is 0 Å². The predicted molar refractivity (Wildman–Crippen MR) is 57.0 cm³/mol. The van der Waals surface area contributed by atoms with Crippen molar-refractivity contribution < 1.29 is 28.5 Å². The Morgan fingerprint density at radius 1 is 1.29 bits per heavy atom. The van der Waals surface area contributed by atoms with E-state index < -0.39 is 24.1 Å². The van der Waals surface area contributed by atoms with Gasteiger partial charge in [-0.05, 0) is 13.8 Å². The molecule has 0 unspecified atom stereocenters. The Kier molecular flexibility index (Phi) is 4.51. The maximum absolute atomic E-state index is 11.6. The predicted octanol–water partition coefficient (Wildman–Crippen LogP) is 0.410. The Morgan fingerprint density at radius 3 is 2.41 bits per heavy atom. The van der Waals surface area contributed by atoms with E-state index in [0.29, 0.717) is 12.4 Å². The third-order valence-electron chi connectivity index (χ3n) is 2.36. The number of carbonyl (C=O) groups excluding carboxylic acids is 2. The summed E-state index contributed by atoms with van der Waals surface area (Å²) in [6.07, 6.45) is -1.56. The molecule has 1 aliphatic rings. The molecule has 0 fully saturated rings. The minimum atomic E-state index is -1.08. The second-order valence-corrected chi connectivity index (χ2v) is 3.38. The van der Waals surface area contributed by atoms with E-state index in [0.717, 1.165) is 0 Å². The van der Waals surface area contributed by atoms with Crippen LogP contribution < -0.4 is 0 Å². The van der Waals surface area contributed by atoms with E-state index in [1.807, 2.05) is 0 Å². The summed E-state index contributed by atoms with van der Waals surface area (Å²) in [5.74, 6) is -0.963. The van der Waals surface area contributed by atoms with E-state index in [9.17, 15) is 9.59 Å². The smallest absolute Gasteiger partial charge is 0.340 e. The molecule has 6 heteroatoms. The molecule has 17 heavy (non-hydrogen) atoms. The molecule has 1 heterocycles. The first-order valence-corrected chi connectivity index (χ1v) is 5.25. The van der Waals surface area contributed by atoms with E-state index in [1.54, 1.807) is 13.8 Å². The van der Waals surface area contributed by atoms with Crippen LogP contribution >= 0.6 is 0 Å². The van der Waals surface area contributed by atoms with Crippen LogP contribution in [-0.2, 0) is 28.5 Å². The largest absolute Gasteiger partial charge is 0.495 e. The molecule has 6 nitrogen and oxygen atoms in total. The Labute approximate surface area is 99.5 Å². The molecule has 0 amide bonds. The molecule has 0 bridgehead atoms. The first-order chi connectivity index (χ1) is 8.06. The molecule has 0 N–H and O–H groups in total.